The predicted octanol–water partition coefficient (Wildman–Crippen LogP) is 5.65. The minimum atomic E-state index is -4.07. The van der Waals surface area contributed by atoms with Crippen molar-refractivity contribution in [3.63, 3.8) is 0 Å². The van der Waals surface area contributed by atoms with Crippen LogP contribution in [0.4, 0.5) is 33.1 Å². The van der Waals surface area contributed by atoms with Gasteiger partial charge in [-0.05, 0) is 75.2 Å². The summed E-state index contributed by atoms with van der Waals surface area (Å²) in [5.41, 5.74) is -1.92. The maximum Gasteiger partial charge on any atom is 0.427 e. The van der Waals surface area contributed by atoms with E-state index in [1.165, 1.54) is 58.2 Å². The second-order valence-electron chi connectivity index (χ2n) is 10.6. The van der Waals surface area contributed by atoms with E-state index in [1.807, 2.05) is 5.32 Å². The van der Waals surface area contributed by atoms with Crippen molar-refractivity contribution in [1.29, 1.82) is 0 Å². The van der Waals surface area contributed by atoms with E-state index in [4.69, 9.17) is 4.74 Å². The molecule has 0 spiro atoms. The normalized spacial score (nSPS) is 11.7. The number of imide groups is 1. The number of alkyl halides is 2. The van der Waals surface area contributed by atoms with Crippen molar-refractivity contribution in [1.82, 2.24) is 19.9 Å². The minimum absolute atomic E-state index is 0.00256. The molecule has 0 unspecified atom stereocenters. The first-order valence-electron chi connectivity index (χ1n) is 12.9. The lowest BCUT2D eigenvalue weighted by Gasteiger charge is -2.22. The SMILES string of the molecule is Cc1ccc(-c2ccn3nc(N(C(=O)O)C(=O)OC(C)(C)C)nc3c2)c(F)c1C(=O)NCC(F)(F)C(=O)c1ccc(F)cc1. The van der Waals surface area contributed by atoms with Gasteiger partial charge in [-0.3, -0.25) is 9.59 Å². The molecule has 44 heavy (non-hydrogen) atoms. The average Bonchev–Trinajstić information content (AvgIpc) is 3.33. The number of rotatable bonds is 7. The number of anilines is 1. The van der Waals surface area contributed by atoms with Gasteiger partial charge in [0.2, 0.25) is 5.78 Å². The molecule has 0 saturated carbocycles. The van der Waals surface area contributed by atoms with E-state index >= 15 is 4.39 Å². The molecule has 230 valence electrons. The van der Waals surface area contributed by atoms with Gasteiger partial charge in [-0.15, -0.1) is 10.00 Å². The average molecular weight is 616 g/mol. The number of Topliss-reactive ketones (excluding diaryl/α,β-unsaturated/α-hetero) is 1. The molecule has 15 heteroatoms. The second-order valence-corrected chi connectivity index (χ2v) is 10.6. The summed E-state index contributed by atoms with van der Waals surface area (Å²) in [5, 5.41) is 15.4. The Hall–Kier alpha value is -5.34. The first kappa shape index (κ1) is 31.6. The summed E-state index contributed by atoms with van der Waals surface area (Å²) in [6.45, 7) is 4.56. The number of nitrogens with zero attached hydrogens (tertiary/aromatic N) is 4. The molecule has 0 aliphatic carbocycles. The van der Waals surface area contributed by atoms with Crippen LogP contribution in [0.1, 0.15) is 47.1 Å². The summed E-state index contributed by atoms with van der Waals surface area (Å²) < 4.78 is 64.2. The zero-order valence-electron chi connectivity index (χ0n) is 23.7. The molecule has 2 aromatic heterocycles. The number of carboxylic acid groups (broad SMARTS) is 1. The number of ether oxygens (including phenoxy) is 1. The van der Waals surface area contributed by atoms with Crippen LogP contribution in [0.15, 0.2) is 54.7 Å². The van der Waals surface area contributed by atoms with Gasteiger partial charge in [-0.25, -0.2) is 22.9 Å². The highest BCUT2D eigenvalue weighted by Crippen LogP contribution is 2.29. The van der Waals surface area contributed by atoms with E-state index in [-0.39, 0.29) is 27.2 Å². The van der Waals surface area contributed by atoms with Gasteiger partial charge in [0, 0.05) is 17.3 Å². The van der Waals surface area contributed by atoms with Crippen LogP contribution in [0.5, 0.6) is 0 Å². The van der Waals surface area contributed by atoms with Crippen molar-refractivity contribution >= 4 is 35.5 Å². The number of fused-ring (bicyclic) bond motifs is 1. The van der Waals surface area contributed by atoms with E-state index in [1.54, 1.807) is 0 Å². The Balaban J connectivity index is 1.60. The first-order valence-corrected chi connectivity index (χ1v) is 12.9. The largest absolute Gasteiger partial charge is 0.464 e. The molecule has 0 saturated heterocycles. The molecule has 0 atom stereocenters. The Morgan fingerprint density at radius 2 is 1.68 bits per heavy atom. The van der Waals surface area contributed by atoms with Crippen LogP contribution >= 0.6 is 0 Å². The fourth-order valence-corrected chi connectivity index (χ4v) is 4.03. The van der Waals surface area contributed by atoms with Gasteiger partial charge in [0.1, 0.15) is 17.2 Å². The number of ketones is 1. The van der Waals surface area contributed by atoms with E-state index in [0.29, 0.717) is 0 Å². The topological polar surface area (TPSA) is 143 Å². The third-order valence-corrected chi connectivity index (χ3v) is 6.09. The van der Waals surface area contributed by atoms with E-state index < -0.39 is 70.7 Å². The quantitative estimate of drug-likeness (QED) is 0.201. The minimum Gasteiger partial charge on any atom is -0.464 e. The number of pyridine rings is 1. The third kappa shape index (κ3) is 6.66. The molecule has 4 rings (SSSR count). The summed E-state index contributed by atoms with van der Waals surface area (Å²) in [7, 11) is 0. The van der Waals surface area contributed by atoms with Crippen molar-refractivity contribution < 1.29 is 46.6 Å². The lowest BCUT2D eigenvalue weighted by Crippen LogP contribution is -2.42. The number of aryl methyl sites for hydroxylation is 1. The zero-order valence-corrected chi connectivity index (χ0v) is 23.7. The van der Waals surface area contributed by atoms with Crippen LogP contribution in [-0.2, 0) is 4.74 Å². The number of hydrogen-bond donors (Lipinski definition) is 2. The van der Waals surface area contributed by atoms with Gasteiger partial charge in [0.15, 0.2) is 5.65 Å². The molecule has 0 radical (unpaired) electrons. The fourth-order valence-electron chi connectivity index (χ4n) is 4.03. The fraction of sp³-hybridized carbons (Fsp3) is 0.241. The van der Waals surface area contributed by atoms with Crippen LogP contribution in [0.3, 0.4) is 0 Å². The van der Waals surface area contributed by atoms with Crippen molar-refractivity contribution in [2.24, 2.45) is 0 Å². The molecular formula is C29H25F4N5O6. The smallest absolute Gasteiger partial charge is 0.427 e. The van der Waals surface area contributed by atoms with Crippen molar-refractivity contribution in [2.45, 2.75) is 39.2 Å². The highest BCUT2D eigenvalue weighted by molar-refractivity contribution is 6.07. The second kappa shape index (κ2) is 11.7. The number of carbonyl (C=O) groups is 4. The van der Waals surface area contributed by atoms with Gasteiger partial charge in [-0.1, -0.05) is 12.1 Å². The van der Waals surface area contributed by atoms with E-state index in [2.05, 4.69) is 10.1 Å². The molecule has 0 fully saturated rings. The Morgan fingerprint density at radius 1 is 1.02 bits per heavy atom. The van der Waals surface area contributed by atoms with Crippen molar-refractivity contribution in [3.05, 3.63) is 83.1 Å². The molecule has 0 bridgehead atoms. The molecule has 0 aliphatic rings. The van der Waals surface area contributed by atoms with Crippen LogP contribution in [0.2, 0.25) is 0 Å². The monoisotopic (exact) mass is 615 g/mol. The summed E-state index contributed by atoms with van der Waals surface area (Å²) in [6.07, 6.45) is -1.65. The molecule has 11 nitrogen and oxygen atoms in total. The van der Waals surface area contributed by atoms with Gasteiger partial charge in [0.25, 0.3) is 11.9 Å². The van der Waals surface area contributed by atoms with Crippen molar-refractivity contribution in [2.75, 3.05) is 11.4 Å². The van der Waals surface area contributed by atoms with Crippen molar-refractivity contribution in [3.8, 4) is 11.1 Å². The number of nitrogens with one attached hydrogen (secondary N) is 1. The highest BCUT2D eigenvalue weighted by atomic mass is 19.3. The van der Waals surface area contributed by atoms with E-state index in [9.17, 15) is 37.5 Å². The number of carbonyl (C=O) groups excluding carboxylic acids is 3. The van der Waals surface area contributed by atoms with Gasteiger partial charge < -0.3 is 15.2 Å². The molecule has 2 aromatic carbocycles. The molecular weight excluding hydrogens is 590 g/mol. The van der Waals surface area contributed by atoms with Gasteiger partial charge in [0.05, 0.1) is 12.1 Å². The van der Waals surface area contributed by atoms with Gasteiger partial charge in [-0.2, -0.15) is 13.8 Å². The standard InChI is InChI=1S/C29H25F4N5O6/c1-15-5-10-19(22(31)21(15)24(40)34-14-29(32,33)23(39)16-6-8-18(30)9-7-16)17-11-12-37-20(13-17)35-25(36-37)38(26(41)42)27(43)44-28(2,3)4/h5-13H,14H2,1-4H3,(H,34,40)(H,41,42). The number of halogens is 4. The third-order valence-electron chi connectivity index (χ3n) is 6.09. The number of benzene rings is 2. The summed E-state index contributed by atoms with van der Waals surface area (Å²) in [6, 6.07) is 8.83. The molecule has 2 N–H and O–H groups in total. The van der Waals surface area contributed by atoms with Gasteiger partial charge >= 0.3 is 18.1 Å². The lowest BCUT2D eigenvalue weighted by molar-refractivity contribution is 0.0111. The summed E-state index contributed by atoms with van der Waals surface area (Å²) in [4.78, 5) is 53.5. The molecule has 2 heterocycles. The zero-order chi connectivity index (χ0) is 32.6. The summed E-state index contributed by atoms with van der Waals surface area (Å²) >= 11 is 0. The van der Waals surface area contributed by atoms with Crippen LogP contribution in [-0.4, -0.2) is 61.6 Å². The highest BCUT2D eigenvalue weighted by Gasteiger charge is 2.40. The lowest BCUT2D eigenvalue weighted by atomic mass is 9.98. The summed E-state index contributed by atoms with van der Waals surface area (Å²) in [5.74, 6) is -9.28. The Bertz CT molecular complexity index is 1780. The molecule has 0 aliphatic heterocycles. The van der Waals surface area contributed by atoms with Crippen LogP contribution in [0.25, 0.3) is 16.8 Å². The van der Waals surface area contributed by atoms with E-state index in [0.717, 1.165) is 28.8 Å². The number of aromatic nitrogens is 3. The molecule has 4 aromatic rings. The van der Waals surface area contributed by atoms with Crippen LogP contribution in [0, 0.1) is 18.6 Å². The number of hydrogen-bond acceptors (Lipinski definition) is 7. The molecule has 3 amide bonds. The Kier molecular flexibility index (Phi) is 8.43. The maximum absolute atomic E-state index is 15.7. The maximum atomic E-state index is 15.7. The van der Waals surface area contributed by atoms with Crippen LogP contribution < -0.4 is 10.2 Å². The Morgan fingerprint density at radius 3 is 2.30 bits per heavy atom. The Labute approximate surface area is 247 Å². The first-order chi connectivity index (χ1) is 20.5. The predicted molar refractivity (Wildman–Crippen MR) is 148 cm³/mol. The number of amides is 3.